The number of likely N-dealkylation sites (N-methyl/N-ethyl adjacent to an activating group) is 1. The van der Waals surface area contributed by atoms with Crippen molar-refractivity contribution in [2.45, 2.75) is 25.1 Å². The molecule has 148 valence electrons. The number of alkyl halides is 3. The maximum atomic E-state index is 12.8. The monoisotopic (exact) mass is 393 g/mol. The molecule has 1 fully saturated rings. The summed E-state index contributed by atoms with van der Waals surface area (Å²) in [7, 11) is 2.05. The van der Waals surface area contributed by atoms with Gasteiger partial charge in [0.15, 0.2) is 11.4 Å². The summed E-state index contributed by atoms with van der Waals surface area (Å²) in [5.74, 6) is -0.489. The molecule has 1 saturated heterocycles. The standard InChI is InChI=1S/C18H18F3N5O2/c1-26-6-2-3-11(9-26)23-17-25-16-14(28-17)8-22-15(24-16)12-5-4-10(7-13(12)27)18(19,20)21/h4-5,7-8,11,27H,2-3,6,9H2,1H3,(H,22,23,24,25)/t11-/m1/s1. The van der Waals surface area contributed by atoms with E-state index in [0.717, 1.165) is 38.1 Å². The molecule has 0 radical (unpaired) electrons. The van der Waals surface area contributed by atoms with Gasteiger partial charge in [0, 0.05) is 12.6 Å². The number of nitrogens with one attached hydrogen (secondary N) is 1. The topological polar surface area (TPSA) is 87.3 Å². The summed E-state index contributed by atoms with van der Waals surface area (Å²) in [4.78, 5) is 14.8. The van der Waals surface area contributed by atoms with Gasteiger partial charge in [-0.2, -0.15) is 18.2 Å². The van der Waals surface area contributed by atoms with Gasteiger partial charge < -0.3 is 19.7 Å². The Balaban J connectivity index is 1.60. The second-order valence-electron chi connectivity index (χ2n) is 6.88. The van der Waals surface area contributed by atoms with Crippen molar-refractivity contribution < 1.29 is 22.7 Å². The average Bonchev–Trinajstić information content (AvgIpc) is 3.02. The van der Waals surface area contributed by atoms with E-state index >= 15 is 0 Å². The van der Waals surface area contributed by atoms with Crippen LogP contribution >= 0.6 is 0 Å². The number of anilines is 1. The Bertz CT molecular complexity index is 1000. The summed E-state index contributed by atoms with van der Waals surface area (Å²) in [5, 5.41) is 13.2. The average molecular weight is 393 g/mol. The molecule has 3 aromatic rings. The third-order valence-corrected chi connectivity index (χ3v) is 4.67. The van der Waals surface area contributed by atoms with E-state index in [2.05, 4.69) is 25.2 Å². The largest absolute Gasteiger partial charge is 0.507 e. The predicted molar refractivity (Wildman–Crippen MR) is 95.8 cm³/mol. The van der Waals surface area contributed by atoms with Crippen LogP contribution in [0.3, 0.4) is 0 Å². The summed E-state index contributed by atoms with van der Waals surface area (Å²) >= 11 is 0. The van der Waals surface area contributed by atoms with Crippen molar-refractivity contribution in [2.24, 2.45) is 0 Å². The van der Waals surface area contributed by atoms with Crippen LogP contribution in [-0.4, -0.2) is 51.1 Å². The van der Waals surface area contributed by atoms with E-state index in [1.165, 1.54) is 6.20 Å². The molecule has 4 rings (SSSR count). The van der Waals surface area contributed by atoms with Crippen LogP contribution in [0.1, 0.15) is 18.4 Å². The van der Waals surface area contributed by atoms with Crippen LogP contribution in [0.5, 0.6) is 5.75 Å². The molecule has 10 heteroatoms. The van der Waals surface area contributed by atoms with Crippen molar-refractivity contribution in [3.63, 3.8) is 0 Å². The zero-order valence-corrected chi connectivity index (χ0v) is 15.0. The molecule has 1 aliphatic rings. The fourth-order valence-electron chi connectivity index (χ4n) is 3.28. The Labute approximate surface area is 158 Å². The van der Waals surface area contributed by atoms with Gasteiger partial charge in [0.1, 0.15) is 5.75 Å². The van der Waals surface area contributed by atoms with Crippen LogP contribution in [-0.2, 0) is 6.18 Å². The van der Waals surface area contributed by atoms with E-state index in [-0.39, 0.29) is 23.1 Å². The summed E-state index contributed by atoms with van der Waals surface area (Å²) < 4.78 is 43.9. The molecule has 1 aromatic carbocycles. The number of fused-ring (bicyclic) bond motifs is 1. The Kier molecular flexibility index (Phi) is 4.58. The number of halogens is 3. The number of aromatic nitrogens is 3. The molecule has 0 unspecified atom stereocenters. The number of likely N-dealkylation sites (tertiary alicyclic amines) is 1. The lowest BCUT2D eigenvalue weighted by Crippen LogP contribution is -2.39. The van der Waals surface area contributed by atoms with Crippen LogP contribution in [0.4, 0.5) is 19.2 Å². The third kappa shape index (κ3) is 3.72. The van der Waals surface area contributed by atoms with Crippen molar-refractivity contribution >= 4 is 17.2 Å². The van der Waals surface area contributed by atoms with E-state index in [0.29, 0.717) is 17.7 Å². The zero-order valence-electron chi connectivity index (χ0n) is 15.0. The molecule has 3 heterocycles. The summed E-state index contributed by atoms with van der Waals surface area (Å²) in [6.07, 6.45) is -1.08. The fourth-order valence-corrected chi connectivity index (χ4v) is 3.28. The minimum absolute atomic E-state index is 0.0657. The second kappa shape index (κ2) is 6.93. The van der Waals surface area contributed by atoms with Gasteiger partial charge in [0.25, 0.3) is 6.01 Å². The Morgan fingerprint density at radius 3 is 2.82 bits per heavy atom. The summed E-state index contributed by atoms with van der Waals surface area (Å²) in [6, 6.07) is 3.18. The minimum Gasteiger partial charge on any atom is -0.507 e. The van der Waals surface area contributed by atoms with Gasteiger partial charge in [-0.25, -0.2) is 9.97 Å². The third-order valence-electron chi connectivity index (χ3n) is 4.67. The lowest BCUT2D eigenvalue weighted by Gasteiger charge is -2.29. The number of nitrogens with zero attached hydrogens (tertiary/aromatic N) is 4. The smallest absolute Gasteiger partial charge is 0.416 e. The highest BCUT2D eigenvalue weighted by Crippen LogP contribution is 2.35. The van der Waals surface area contributed by atoms with Crippen molar-refractivity contribution in [2.75, 3.05) is 25.5 Å². The molecule has 0 aliphatic carbocycles. The number of piperidine rings is 1. The normalized spacial score (nSPS) is 18.5. The maximum absolute atomic E-state index is 12.8. The van der Waals surface area contributed by atoms with E-state index in [4.69, 9.17) is 4.42 Å². The first kappa shape index (κ1) is 18.5. The van der Waals surface area contributed by atoms with Crippen LogP contribution in [0.15, 0.2) is 28.8 Å². The zero-order chi connectivity index (χ0) is 19.9. The fraction of sp³-hybridized carbons (Fsp3) is 0.389. The van der Waals surface area contributed by atoms with Gasteiger partial charge in [-0.3, -0.25) is 0 Å². The molecule has 0 amide bonds. The van der Waals surface area contributed by atoms with Crippen LogP contribution in [0.2, 0.25) is 0 Å². The first-order valence-corrected chi connectivity index (χ1v) is 8.79. The Hall–Kier alpha value is -2.88. The Morgan fingerprint density at radius 2 is 2.11 bits per heavy atom. The van der Waals surface area contributed by atoms with Crippen LogP contribution in [0.25, 0.3) is 22.6 Å². The van der Waals surface area contributed by atoms with Crippen molar-refractivity contribution in [1.29, 1.82) is 0 Å². The van der Waals surface area contributed by atoms with Gasteiger partial charge in [-0.05, 0) is 44.6 Å². The quantitative estimate of drug-likeness (QED) is 0.704. The first-order chi connectivity index (χ1) is 13.3. The number of benzene rings is 1. The number of aromatic hydroxyl groups is 1. The number of hydrogen-bond acceptors (Lipinski definition) is 7. The molecule has 2 N–H and O–H groups in total. The number of hydrogen-bond donors (Lipinski definition) is 2. The van der Waals surface area contributed by atoms with Crippen LogP contribution in [0, 0.1) is 0 Å². The SMILES string of the molecule is CN1CCC[C@@H](Nc2nc3nc(-c4ccc(C(F)(F)F)cc4O)ncc3o2)C1. The van der Waals surface area contributed by atoms with E-state index in [1.807, 2.05) is 7.05 Å². The highest BCUT2D eigenvalue weighted by atomic mass is 19.4. The maximum Gasteiger partial charge on any atom is 0.416 e. The van der Waals surface area contributed by atoms with Crippen molar-refractivity contribution in [3.05, 3.63) is 30.0 Å². The number of oxazole rings is 1. The summed E-state index contributed by atoms with van der Waals surface area (Å²) in [6.45, 7) is 1.92. The minimum atomic E-state index is -4.54. The Morgan fingerprint density at radius 1 is 1.29 bits per heavy atom. The molecule has 2 aromatic heterocycles. The van der Waals surface area contributed by atoms with Crippen LogP contribution < -0.4 is 5.32 Å². The number of rotatable bonds is 3. The number of phenolic OH excluding ortho intramolecular Hbond substituents is 1. The molecule has 0 saturated carbocycles. The second-order valence-corrected chi connectivity index (χ2v) is 6.88. The van der Waals surface area contributed by atoms with Crippen molar-refractivity contribution in [3.8, 4) is 17.1 Å². The molecule has 28 heavy (non-hydrogen) atoms. The molecule has 0 bridgehead atoms. The molecule has 7 nitrogen and oxygen atoms in total. The van der Waals surface area contributed by atoms with E-state index in [1.54, 1.807) is 0 Å². The molecular weight excluding hydrogens is 375 g/mol. The van der Waals surface area contributed by atoms with Gasteiger partial charge >= 0.3 is 6.18 Å². The van der Waals surface area contributed by atoms with Gasteiger partial charge in [0.05, 0.1) is 17.3 Å². The number of phenols is 1. The highest BCUT2D eigenvalue weighted by Gasteiger charge is 2.31. The predicted octanol–water partition coefficient (Wildman–Crippen LogP) is 3.52. The first-order valence-electron chi connectivity index (χ1n) is 8.79. The van der Waals surface area contributed by atoms with Gasteiger partial charge in [0.2, 0.25) is 5.65 Å². The molecule has 1 aliphatic heterocycles. The summed E-state index contributed by atoms with van der Waals surface area (Å²) in [5.41, 5.74) is -0.251. The lowest BCUT2D eigenvalue weighted by molar-refractivity contribution is -0.137. The van der Waals surface area contributed by atoms with E-state index in [9.17, 15) is 18.3 Å². The highest BCUT2D eigenvalue weighted by molar-refractivity contribution is 5.74. The van der Waals surface area contributed by atoms with Gasteiger partial charge in [-0.1, -0.05) is 0 Å². The molecule has 0 spiro atoms. The van der Waals surface area contributed by atoms with E-state index < -0.39 is 17.5 Å². The van der Waals surface area contributed by atoms with Crippen molar-refractivity contribution in [1.82, 2.24) is 19.9 Å². The molecule has 1 atom stereocenters. The lowest BCUT2D eigenvalue weighted by atomic mass is 10.1. The van der Waals surface area contributed by atoms with Gasteiger partial charge in [-0.15, -0.1) is 0 Å². The molecular formula is C18H18F3N5O2.